The van der Waals surface area contributed by atoms with Gasteiger partial charge in [-0.25, -0.2) is 0 Å². The molecule has 0 heterocycles. The van der Waals surface area contributed by atoms with Crippen LogP contribution < -0.4 is 0 Å². The molecule has 0 fully saturated rings. The third-order valence-corrected chi connectivity index (χ3v) is 6.51. The first-order valence-corrected chi connectivity index (χ1v) is 13.2. The summed E-state index contributed by atoms with van der Waals surface area (Å²) in [7, 11) is 0. The van der Waals surface area contributed by atoms with Crippen molar-refractivity contribution in [2.45, 2.75) is 59.3 Å². The molecule has 0 saturated carbocycles. The molecule has 5 aromatic rings. The molecule has 39 heavy (non-hydrogen) atoms. The number of benzene rings is 5. The summed E-state index contributed by atoms with van der Waals surface area (Å²) in [4.78, 5) is 0. The van der Waals surface area contributed by atoms with Crippen molar-refractivity contribution in [1.29, 1.82) is 0 Å². The number of rotatable bonds is 3. The Balaban J connectivity index is 0.000000224. The smallest absolute Gasteiger partial charge is 0.0622 e. The fraction of sp³-hybridized carbons (Fsp3) is 0.231. The first kappa shape index (κ1) is 18.4. The third kappa shape index (κ3) is 7.36. The summed E-state index contributed by atoms with van der Waals surface area (Å²) in [5.41, 5.74) is 6.74. The molecule has 0 saturated heterocycles. The standard InChI is InChI=1S/C23H24.C16H18/c1-17-5-7-18(8-6-17)19-9-11-20(12-10-19)21-13-15-22(16-14-21)23(2,3)4;1-16(2,3)15-12-8-7-11-14(15)13-9-5-4-6-10-13/h5-16H,1-4H3;4-12H,1-3H3/i5D,6D,7D,8D;4D,5D,6D,9D,10D. The van der Waals surface area contributed by atoms with Gasteiger partial charge >= 0.3 is 0 Å². The molecule has 198 valence electrons. The summed E-state index contributed by atoms with van der Waals surface area (Å²) in [6.45, 7) is 14.3. The average molecular weight is 520 g/mol. The zero-order valence-electron chi connectivity index (χ0n) is 32.9. The van der Waals surface area contributed by atoms with Crippen LogP contribution in [0.1, 0.15) is 70.6 Å². The summed E-state index contributed by atoms with van der Waals surface area (Å²) in [5.74, 6) is 0. The Kier molecular flexibility index (Phi) is 5.60. The minimum absolute atomic E-state index is 0.00998. The molecule has 0 spiro atoms. The highest BCUT2D eigenvalue weighted by Gasteiger charge is 2.17. The highest BCUT2D eigenvalue weighted by Crippen LogP contribution is 2.32. The van der Waals surface area contributed by atoms with Crippen LogP contribution in [0, 0.1) is 6.92 Å². The Bertz CT molecular complexity index is 1900. The van der Waals surface area contributed by atoms with Crippen molar-refractivity contribution in [2.24, 2.45) is 0 Å². The van der Waals surface area contributed by atoms with Gasteiger partial charge < -0.3 is 0 Å². The summed E-state index contributed by atoms with van der Waals surface area (Å²) in [6.07, 6.45) is 0. The van der Waals surface area contributed by atoms with Gasteiger partial charge in [-0.15, -0.1) is 0 Å². The molecule has 0 aliphatic carbocycles. The van der Waals surface area contributed by atoms with E-state index in [9.17, 15) is 0 Å². The van der Waals surface area contributed by atoms with Crippen molar-refractivity contribution in [3.8, 4) is 33.4 Å². The molecule has 5 aromatic carbocycles. The Morgan fingerprint density at radius 1 is 0.462 bits per heavy atom. The number of hydrogen-bond acceptors (Lipinski definition) is 0. The van der Waals surface area contributed by atoms with Crippen LogP contribution >= 0.6 is 0 Å². The summed E-state index contributed by atoms with van der Waals surface area (Å²) in [5, 5.41) is 0. The molecule has 0 atom stereocenters. The van der Waals surface area contributed by atoms with Crippen LogP contribution in [0.3, 0.4) is 0 Å². The molecule has 0 bridgehead atoms. The molecule has 0 N–H and O–H groups in total. The van der Waals surface area contributed by atoms with E-state index in [-0.39, 0.29) is 70.8 Å². The van der Waals surface area contributed by atoms with E-state index >= 15 is 0 Å². The molecule has 0 radical (unpaired) electrons. The lowest BCUT2D eigenvalue weighted by molar-refractivity contribution is 0.590. The molecule has 0 aromatic heterocycles. The van der Waals surface area contributed by atoms with E-state index < -0.39 is 0 Å². The van der Waals surface area contributed by atoms with Crippen LogP contribution in [-0.4, -0.2) is 0 Å². The van der Waals surface area contributed by atoms with Crippen molar-refractivity contribution in [2.75, 3.05) is 0 Å². The monoisotopic (exact) mass is 519 g/mol. The van der Waals surface area contributed by atoms with Crippen molar-refractivity contribution in [3.63, 3.8) is 0 Å². The molecule has 0 aliphatic rings. The Labute approximate surface area is 249 Å². The third-order valence-electron chi connectivity index (χ3n) is 6.51. The predicted octanol–water partition coefficient (Wildman–Crippen LogP) is 11.3. The van der Waals surface area contributed by atoms with Gasteiger partial charge in [0.2, 0.25) is 0 Å². The quantitative estimate of drug-likeness (QED) is 0.222. The van der Waals surface area contributed by atoms with E-state index in [4.69, 9.17) is 12.3 Å². The lowest BCUT2D eigenvalue weighted by atomic mass is 9.82. The molecule has 0 nitrogen and oxygen atoms in total. The van der Waals surface area contributed by atoms with E-state index in [0.29, 0.717) is 22.3 Å². The first-order chi connectivity index (χ1) is 22.3. The van der Waals surface area contributed by atoms with E-state index in [0.717, 1.165) is 16.7 Å². The highest BCUT2D eigenvalue weighted by molar-refractivity contribution is 5.71. The van der Waals surface area contributed by atoms with E-state index in [2.05, 4.69) is 45.0 Å². The Morgan fingerprint density at radius 3 is 1.46 bits per heavy atom. The summed E-state index contributed by atoms with van der Waals surface area (Å²) < 4.78 is 72.0. The molecule has 0 unspecified atom stereocenters. The van der Waals surface area contributed by atoms with Gasteiger partial charge in [-0.3, -0.25) is 0 Å². The normalized spacial score (nSPS) is 14.7. The zero-order chi connectivity index (χ0) is 35.9. The highest BCUT2D eigenvalue weighted by atomic mass is 14.2. The van der Waals surface area contributed by atoms with Crippen molar-refractivity contribution in [1.82, 2.24) is 0 Å². The Hall–Kier alpha value is -3.90. The van der Waals surface area contributed by atoms with Gasteiger partial charge in [-0.05, 0) is 62.3 Å². The lowest BCUT2D eigenvalue weighted by Crippen LogP contribution is -2.12. The van der Waals surface area contributed by atoms with Crippen LogP contribution in [-0.2, 0) is 10.8 Å². The van der Waals surface area contributed by atoms with Crippen LogP contribution in [0.5, 0.6) is 0 Å². The van der Waals surface area contributed by atoms with Gasteiger partial charge in [0, 0.05) is 0 Å². The molecule has 0 heteroatoms. The molecular formula is C39H42. The molecular weight excluding hydrogens is 468 g/mol. The minimum Gasteiger partial charge on any atom is -0.0622 e. The van der Waals surface area contributed by atoms with Crippen LogP contribution in [0.15, 0.2) is 127 Å². The van der Waals surface area contributed by atoms with Gasteiger partial charge in [0.15, 0.2) is 0 Å². The maximum Gasteiger partial charge on any atom is 0.0629 e. The average Bonchev–Trinajstić information content (AvgIpc) is 3.05. The van der Waals surface area contributed by atoms with Crippen molar-refractivity contribution >= 4 is 0 Å². The van der Waals surface area contributed by atoms with Crippen molar-refractivity contribution in [3.05, 3.63) is 144 Å². The van der Waals surface area contributed by atoms with Gasteiger partial charge in [0.25, 0.3) is 0 Å². The lowest BCUT2D eigenvalue weighted by Gasteiger charge is -2.23. The van der Waals surface area contributed by atoms with E-state index in [1.54, 1.807) is 6.92 Å². The van der Waals surface area contributed by atoms with Gasteiger partial charge in [-0.1, -0.05) is 174 Å². The predicted molar refractivity (Wildman–Crippen MR) is 171 cm³/mol. The summed E-state index contributed by atoms with van der Waals surface area (Å²) >= 11 is 0. The Morgan fingerprint density at radius 2 is 0.949 bits per heavy atom. The van der Waals surface area contributed by atoms with Crippen LogP contribution in [0.25, 0.3) is 33.4 Å². The largest absolute Gasteiger partial charge is 0.0629 e. The van der Waals surface area contributed by atoms with Gasteiger partial charge in [0.05, 0.1) is 12.3 Å². The zero-order valence-corrected chi connectivity index (χ0v) is 23.9. The second-order valence-corrected chi connectivity index (χ2v) is 11.7. The fourth-order valence-electron chi connectivity index (χ4n) is 4.25. The van der Waals surface area contributed by atoms with Crippen LogP contribution in [0.2, 0.25) is 0 Å². The van der Waals surface area contributed by atoms with Crippen molar-refractivity contribution < 1.29 is 12.3 Å². The molecule has 0 amide bonds. The minimum atomic E-state index is -0.359. The van der Waals surface area contributed by atoms with Crippen LogP contribution in [0.4, 0.5) is 0 Å². The SMILES string of the molecule is [2H]c1c([2H])c(-c2ccc(-c3ccc(C(C)(C)C)cc3)cc2)c([2H])c([2H])c1C.[2H]c1c([2H])c([2H])c(-c2ccccc2C(C)(C)C)c([2H])c1[2H]. The van der Waals surface area contributed by atoms with E-state index in [1.807, 2.05) is 69.3 Å². The summed E-state index contributed by atoms with van der Waals surface area (Å²) in [6, 6.07) is 22.5. The second kappa shape index (κ2) is 11.9. The maximum absolute atomic E-state index is 8.22. The maximum atomic E-state index is 8.22. The topological polar surface area (TPSA) is 0 Å². The van der Waals surface area contributed by atoms with E-state index in [1.165, 1.54) is 5.56 Å². The molecule has 0 aliphatic heterocycles. The molecule has 5 rings (SSSR count). The second-order valence-electron chi connectivity index (χ2n) is 11.7. The van der Waals surface area contributed by atoms with Gasteiger partial charge in [0.1, 0.15) is 0 Å². The van der Waals surface area contributed by atoms with Gasteiger partial charge in [-0.2, -0.15) is 0 Å². The number of hydrogen-bond donors (Lipinski definition) is 0. The first-order valence-electron chi connectivity index (χ1n) is 17.7. The fourth-order valence-corrected chi connectivity index (χ4v) is 4.25.